The molecule has 0 amide bonds. The van der Waals surface area contributed by atoms with Gasteiger partial charge in [-0.05, 0) is 43.3 Å². The Hall–Kier alpha value is -3.39. The smallest absolute Gasteiger partial charge is 0.179 e. The molecule has 1 fully saturated rings. The van der Waals surface area contributed by atoms with Gasteiger partial charge in [0.2, 0.25) is 0 Å². The highest BCUT2D eigenvalue weighted by Crippen LogP contribution is 2.28. The van der Waals surface area contributed by atoms with Crippen LogP contribution in [0.1, 0.15) is 5.69 Å². The van der Waals surface area contributed by atoms with Gasteiger partial charge in [0.25, 0.3) is 0 Å². The topological polar surface area (TPSA) is 83.4 Å². The maximum Gasteiger partial charge on any atom is 0.179 e. The van der Waals surface area contributed by atoms with E-state index in [2.05, 4.69) is 54.8 Å². The normalized spacial score (nSPS) is 14.5. The molecule has 142 valence electrons. The largest absolute Gasteiger partial charge is 0.378 e. The maximum absolute atomic E-state index is 5.43. The van der Waals surface area contributed by atoms with E-state index in [1.54, 1.807) is 6.33 Å². The average molecular weight is 375 g/mol. The summed E-state index contributed by atoms with van der Waals surface area (Å²) in [6.07, 6.45) is 3.38. The van der Waals surface area contributed by atoms with Crippen LogP contribution < -0.4 is 10.2 Å². The second kappa shape index (κ2) is 6.97. The zero-order valence-corrected chi connectivity index (χ0v) is 15.6. The van der Waals surface area contributed by atoms with Crippen LogP contribution in [0.2, 0.25) is 0 Å². The Balaban J connectivity index is 1.43. The molecule has 2 N–H and O–H groups in total. The molecule has 4 heterocycles. The second-order valence-electron chi connectivity index (χ2n) is 6.81. The third kappa shape index (κ3) is 2.97. The summed E-state index contributed by atoms with van der Waals surface area (Å²) in [6.45, 7) is 5.43. The number of hydrogen-bond donors (Lipinski definition) is 2. The van der Waals surface area contributed by atoms with Crippen molar-refractivity contribution in [1.82, 2.24) is 24.8 Å². The first kappa shape index (κ1) is 16.8. The Morgan fingerprint density at radius 3 is 2.64 bits per heavy atom. The van der Waals surface area contributed by atoms with Gasteiger partial charge >= 0.3 is 0 Å². The molecule has 1 aliphatic heterocycles. The maximum atomic E-state index is 5.43. The fourth-order valence-corrected chi connectivity index (χ4v) is 3.55. The molecule has 3 aromatic heterocycles. The molecule has 0 saturated carbocycles. The lowest BCUT2D eigenvalue weighted by atomic mass is 10.1. The van der Waals surface area contributed by atoms with E-state index >= 15 is 0 Å². The van der Waals surface area contributed by atoms with Crippen molar-refractivity contribution in [3.05, 3.63) is 54.6 Å². The van der Waals surface area contributed by atoms with Crippen LogP contribution in [-0.2, 0) is 4.74 Å². The molecular formula is C20H21N7O. The summed E-state index contributed by atoms with van der Waals surface area (Å²) in [4.78, 5) is 6.78. The fraction of sp³-hybridized carbons (Fsp3) is 0.250. The van der Waals surface area contributed by atoms with E-state index in [0.29, 0.717) is 0 Å². The molecule has 1 saturated heterocycles. The number of rotatable bonds is 4. The third-order valence-electron chi connectivity index (χ3n) is 5.05. The Morgan fingerprint density at radius 1 is 1.07 bits per heavy atom. The quantitative estimate of drug-likeness (QED) is 0.571. The Labute approximate surface area is 162 Å². The molecule has 0 bridgehead atoms. The zero-order valence-electron chi connectivity index (χ0n) is 15.6. The number of aromatic nitrogens is 5. The van der Waals surface area contributed by atoms with E-state index in [0.717, 1.165) is 60.3 Å². The second-order valence-corrected chi connectivity index (χ2v) is 6.81. The molecule has 1 aromatic carbocycles. The first-order valence-electron chi connectivity index (χ1n) is 9.32. The van der Waals surface area contributed by atoms with Gasteiger partial charge in [0.1, 0.15) is 6.33 Å². The van der Waals surface area contributed by atoms with Crippen LogP contribution in [0, 0.1) is 6.92 Å². The minimum Gasteiger partial charge on any atom is -0.378 e. The summed E-state index contributed by atoms with van der Waals surface area (Å²) in [6, 6.07) is 12.5. The van der Waals surface area contributed by atoms with Gasteiger partial charge in [0.15, 0.2) is 5.65 Å². The SMILES string of the molecule is Cc1[nH]ncc1-c1ccc(Nc2ccc(N3CCOCC3)cc2)c2ncnn12. The Kier molecular flexibility index (Phi) is 4.17. The summed E-state index contributed by atoms with van der Waals surface area (Å²) in [7, 11) is 0. The van der Waals surface area contributed by atoms with Gasteiger partial charge in [-0.2, -0.15) is 10.2 Å². The van der Waals surface area contributed by atoms with Crippen molar-refractivity contribution in [2.24, 2.45) is 0 Å². The Bertz CT molecular complexity index is 1090. The van der Waals surface area contributed by atoms with Crippen LogP contribution in [0.5, 0.6) is 0 Å². The fourth-order valence-electron chi connectivity index (χ4n) is 3.55. The summed E-state index contributed by atoms with van der Waals surface area (Å²) in [5.74, 6) is 0. The predicted octanol–water partition coefficient (Wildman–Crippen LogP) is 3.01. The summed E-state index contributed by atoms with van der Waals surface area (Å²) in [5.41, 5.74) is 6.86. The van der Waals surface area contributed by atoms with Crippen molar-refractivity contribution in [3.8, 4) is 11.3 Å². The van der Waals surface area contributed by atoms with Crippen LogP contribution in [0.25, 0.3) is 16.9 Å². The highest BCUT2D eigenvalue weighted by molar-refractivity contribution is 5.78. The minimum absolute atomic E-state index is 0.773. The molecule has 8 heteroatoms. The Morgan fingerprint density at radius 2 is 1.89 bits per heavy atom. The van der Waals surface area contributed by atoms with E-state index in [-0.39, 0.29) is 0 Å². The van der Waals surface area contributed by atoms with E-state index in [4.69, 9.17) is 4.74 Å². The molecule has 0 unspecified atom stereocenters. The number of nitrogens with one attached hydrogen (secondary N) is 2. The first-order valence-corrected chi connectivity index (χ1v) is 9.32. The van der Waals surface area contributed by atoms with Crippen LogP contribution in [-0.4, -0.2) is 51.1 Å². The van der Waals surface area contributed by atoms with Crippen molar-refractivity contribution in [1.29, 1.82) is 0 Å². The number of anilines is 3. The highest BCUT2D eigenvalue weighted by atomic mass is 16.5. The standard InChI is InChI=1S/C20H21N7O/c1-14-17(12-22-25-14)19-7-6-18(20-21-13-23-27(19)20)24-15-2-4-16(5-3-15)26-8-10-28-11-9-26/h2-7,12-13,24H,8-11H2,1H3,(H,22,25). The van der Waals surface area contributed by atoms with Crippen molar-refractivity contribution in [2.45, 2.75) is 6.92 Å². The van der Waals surface area contributed by atoms with E-state index in [1.807, 2.05) is 29.8 Å². The van der Waals surface area contributed by atoms with Crippen LogP contribution in [0.3, 0.4) is 0 Å². The number of benzene rings is 1. The number of nitrogens with zero attached hydrogens (tertiary/aromatic N) is 5. The number of aromatic amines is 1. The van der Waals surface area contributed by atoms with Gasteiger partial charge < -0.3 is 15.0 Å². The van der Waals surface area contributed by atoms with Gasteiger partial charge in [-0.1, -0.05) is 0 Å². The van der Waals surface area contributed by atoms with Gasteiger partial charge in [-0.3, -0.25) is 5.10 Å². The lowest BCUT2D eigenvalue weighted by Crippen LogP contribution is -2.36. The first-order chi connectivity index (χ1) is 13.8. The molecule has 0 atom stereocenters. The molecule has 0 aliphatic carbocycles. The summed E-state index contributed by atoms with van der Waals surface area (Å²) < 4.78 is 7.26. The lowest BCUT2D eigenvalue weighted by Gasteiger charge is -2.28. The van der Waals surface area contributed by atoms with Crippen LogP contribution in [0.15, 0.2) is 48.9 Å². The van der Waals surface area contributed by atoms with E-state index < -0.39 is 0 Å². The molecule has 4 aromatic rings. The molecule has 28 heavy (non-hydrogen) atoms. The summed E-state index contributed by atoms with van der Waals surface area (Å²) in [5, 5.41) is 14.9. The number of aryl methyl sites for hydroxylation is 1. The average Bonchev–Trinajstić information content (AvgIpc) is 3.39. The monoisotopic (exact) mass is 375 g/mol. The van der Waals surface area contributed by atoms with Gasteiger partial charge in [0.05, 0.1) is 30.8 Å². The molecule has 0 spiro atoms. The molecule has 0 radical (unpaired) electrons. The van der Waals surface area contributed by atoms with Gasteiger partial charge in [-0.15, -0.1) is 0 Å². The van der Waals surface area contributed by atoms with Gasteiger partial charge in [-0.25, -0.2) is 9.50 Å². The van der Waals surface area contributed by atoms with Crippen molar-refractivity contribution < 1.29 is 4.74 Å². The number of morpholine rings is 1. The number of ether oxygens (including phenoxy) is 1. The lowest BCUT2D eigenvalue weighted by molar-refractivity contribution is 0.122. The molecular weight excluding hydrogens is 354 g/mol. The third-order valence-corrected chi connectivity index (χ3v) is 5.05. The number of fused-ring (bicyclic) bond motifs is 1. The van der Waals surface area contributed by atoms with E-state index in [1.165, 1.54) is 5.69 Å². The van der Waals surface area contributed by atoms with Crippen molar-refractivity contribution >= 4 is 22.7 Å². The zero-order chi connectivity index (χ0) is 18.9. The van der Waals surface area contributed by atoms with Crippen LogP contribution >= 0.6 is 0 Å². The highest BCUT2D eigenvalue weighted by Gasteiger charge is 2.14. The summed E-state index contributed by atoms with van der Waals surface area (Å²) >= 11 is 0. The number of pyridine rings is 1. The molecule has 8 nitrogen and oxygen atoms in total. The van der Waals surface area contributed by atoms with Crippen LogP contribution in [0.4, 0.5) is 17.1 Å². The minimum atomic E-state index is 0.773. The molecule has 1 aliphatic rings. The van der Waals surface area contributed by atoms with Gasteiger partial charge in [0, 0.05) is 35.7 Å². The van der Waals surface area contributed by atoms with Crippen molar-refractivity contribution in [2.75, 3.05) is 36.5 Å². The van der Waals surface area contributed by atoms with E-state index in [9.17, 15) is 0 Å². The number of hydrogen-bond acceptors (Lipinski definition) is 6. The molecule has 5 rings (SSSR count). The number of H-pyrrole nitrogens is 1. The van der Waals surface area contributed by atoms with Crippen molar-refractivity contribution in [3.63, 3.8) is 0 Å². The predicted molar refractivity (Wildman–Crippen MR) is 108 cm³/mol.